The Morgan fingerprint density at radius 3 is 2.76 bits per heavy atom. The molecule has 2 aromatic heterocycles. The van der Waals surface area contributed by atoms with E-state index in [2.05, 4.69) is 40.5 Å². The minimum atomic E-state index is 0.225. The molecule has 21 heavy (non-hydrogen) atoms. The Morgan fingerprint density at radius 1 is 1.29 bits per heavy atom. The van der Waals surface area contributed by atoms with Crippen molar-refractivity contribution in [1.82, 2.24) is 9.97 Å². The van der Waals surface area contributed by atoms with Crippen molar-refractivity contribution in [3.8, 4) is 0 Å². The summed E-state index contributed by atoms with van der Waals surface area (Å²) in [5.74, 6) is 1.97. The molecule has 0 aliphatic heterocycles. The van der Waals surface area contributed by atoms with Gasteiger partial charge in [-0.15, -0.1) is 11.3 Å². The highest BCUT2D eigenvalue weighted by Crippen LogP contribution is 2.30. The average Bonchev–Trinajstić information content (AvgIpc) is 2.88. The number of aromatic nitrogens is 2. The SMILES string of the molecule is CCNc1nc(NCC(C)CCO)c2cc(CC)sc2n1. The van der Waals surface area contributed by atoms with E-state index in [1.165, 1.54) is 4.88 Å². The molecule has 0 fully saturated rings. The molecule has 0 aliphatic carbocycles. The van der Waals surface area contributed by atoms with Gasteiger partial charge in [-0.1, -0.05) is 13.8 Å². The smallest absolute Gasteiger partial charge is 0.226 e. The van der Waals surface area contributed by atoms with E-state index in [9.17, 15) is 0 Å². The highest BCUT2D eigenvalue weighted by atomic mass is 32.1. The molecule has 0 saturated heterocycles. The van der Waals surface area contributed by atoms with Crippen LogP contribution in [0, 0.1) is 5.92 Å². The fourth-order valence-electron chi connectivity index (χ4n) is 2.11. The van der Waals surface area contributed by atoms with Crippen LogP contribution >= 0.6 is 11.3 Å². The molecule has 0 saturated carbocycles. The van der Waals surface area contributed by atoms with E-state index in [1.807, 2.05) is 6.92 Å². The number of aryl methyl sites for hydroxylation is 1. The van der Waals surface area contributed by atoms with Gasteiger partial charge in [-0.25, -0.2) is 4.98 Å². The fourth-order valence-corrected chi connectivity index (χ4v) is 3.08. The number of fused-ring (bicyclic) bond motifs is 1. The van der Waals surface area contributed by atoms with Crippen molar-refractivity contribution in [2.75, 3.05) is 30.3 Å². The van der Waals surface area contributed by atoms with Crippen LogP contribution in [0.25, 0.3) is 10.2 Å². The standard InChI is InChI=1S/C15H24N4OS/c1-4-11-8-12-13(17-9-10(3)6-7-20)18-15(16-5-2)19-14(12)21-11/h8,10,20H,4-7,9H2,1-3H3,(H2,16,17,18,19). The van der Waals surface area contributed by atoms with Crippen LogP contribution in [0.1, 0.15) is 32.1 Å². The number of hydrogen-bond donors (Lipinski definition) is 3. The second-order valence-corrected chi connectivity index (χ2v) is 6.32. The summed E-state index contributed by atoms with van der Waals surface area (Å²) in [5, 5.41) is 16.7. The number of aliphatic hydroxyl groups is 1. The Bertz CT molecular complexity index is 584. The molecule has 116 valence electrons. The van der Waals surface area contributed by atoms with Gasteiger partial charge < -0.3 is 15.7 Å². The molecule has 0 radical (unpaired) electrons. The van der Waals surface area contributed by atoms with Crippen LogP contribution in [0.4, 0.5) is 11.8 Å². The maximum Gasteiger partial charge on any atom is 0.226 e. The van der Waals surface area contributed by atoms with E-state index in [0.717, 1.165) is 42.0 Å². The summed E-state index contributed by atoms with van der Waals surface area (Å²) in [6.45, 7) is 8.14. The minimum absolute atomic E-state index is 0.225. The van der Waals surface area contributed by atoms with Gasteiger partial charge in [-0.3, -0.25) is 0 Å². The lowest BCUT2D eigenvalue weighted by Crippen LogP contribution is -2.14. The van der Waals surface area contributed by atoms with E-state index >= 15 is 0 Å². The van der Waals surface area contributed by atoms with Crippen molar-refractivity contribution in [3.63, 3.8) is 0 Å². The summed E-state index contributed by atoms with van der Waals surface area (Å²) in [7, 11) is 0. The van der Waals surface area contributed by atoms with Crippen LogP contribution in [0.3, 0.4) is 0 Å². The molecule has 6 heteroatoms. The number of rotatable bonds is 8. The average molecular weight is 308 g/mol. The zero-order valence-corrected chi connectivity index (χ0v) is 13.8. The van der Waals surface area contributed by atoms with E-state index in [-0.39, 0.29) is 6.61 Å². The van der Waals surface area contributed by atoms with Gasteiger partial charge in [0.2, 0.25) is 5.95 Å². The summed E-state index contributed by atoms with van der Waals surface area (Å²) >= 11 is 1.72. The number of hydrogen-bond acceptors (Lipinski definition) is 6. The molecular formula is C15H24N4OS. The normalized spacial score (nSPS) is 12.6. The van der Waals surface area contributed by atoms with Gasteiger partial charge >= 0.3 is 0 Å². The summed E-state index contributed by atoms with van der Waals surface area (Å²) in [6, 6.07) is 2.18. The molecule has 0 amide bonds. The highest BCUT2D eigenvalue weighted by molar-refractivity contribution is 7.18. The molecule has 0 aliphatic rings. The van der Waals surface area contributed by atoms with Crippen molar-refractivity contribution in [3.05, 3.63) is 10.9 Å². The maximum atomic E-state index is 8.99. The molecule has 0 spiro atoms. The predicted octanol–water partition coefficient (Wildman–Crippen LogP) is 3.12. The molecule has 2 rings (SSSR count). The van der Waals surface area contributed by atoms with E-state index < -0.39 is 0 Å². The van der Waals surface area contributed by atoms with Crippen LogP contribution in [0.15, 0.2) is 6.07 Å². The lowest BCUT2D eigenvalue weighted by Gasteiger charge is -2.13. The molecular weight excluding hydrogens is 284 g/mol. The molecule has 1 unspecified atom stereocenters. The van der Waals surface area contributed by atoms with Crippen LogP contribution < -0.4 is 10.6 Å². The van der Waals surface area contributed by atoms with Crippen LogP contribution in [0.2, 0.25) is 0 Å². The first-order valence-electron chi connectivity index (χ1n) is 7.56. The third-order valence-electron chi connectivity index (χ3n) is 3.37. The van der Waals surface area contributed by atoms with Gasteiger partial charge in [0.15, 0.2) is 0 Å². The summed E-state index contributed by atoms with van der Waals surface area (Å²) in [4.78, 5) is 11.5. The Balaban J connectivity index is 2.27. The zero-order valence-electron chi connectivity index (χ0n) is 12.9. The molecule has 0 aromatic carbocycles. The Morgan fingerprint density at radius 2 is 2.10 bits per heavy atom. The Kier molecular flexibility index (Phi) is 5.76. The third-order valence-corrected chi connectivity index (χ3v) is 4.54. The summed E-state index contributed by atoms with van der Waals surface area (Å²) in [6.07, 6.45) is 1.81. The molecule has 2 heterocycles. The lowest BCUT2D eigenvalue weighted by atomic mass is 10.1. The van der Waals surface area contributed by atoms with Crippen molar-refractivity contribution in [2.24, 2.45) is 5.92 Å². The topological polar surface area (TPSA) is 70.1 Å². The van der Waals surface area contributed by atoms with E-state index in [0.29, 0.717) is 11.9 Å². The predicted molar refractivity (Wildman–Crippen MR) is 90.3 cm³/mol. The van der Waals surface area contributed by atoms with Gasteiger partial charge in [0.1, 0.15) is 10.6 Å². The van der Waals surface area contributed by atoms with Crippen molar-refractivity contribution in [1.29, 1.82) is 0 Å². The molecule has 2 aromatic rings. The van der Waals surface area contributed by atoms with Gasteiger partial charge in [-0.2, -0.15) is 4.98 Å². The van der Waals surface area contributed by atoms with Crippen LogP contribution in [-0.2, 0) is 6.42 Å². The number of nitrogens with one attached hydrogen (secondary N) is 2. The first kappa shape index (κ1) is 16.0. The summed E-state index contributed by atoms with van der Waals surface area (Å²) < 4.78 is 0. The largest absolute Gasteiger partial charge is 0.396 e. The highest BCUT2D eigenvalue weighted by Gasteiger charge is 2.12. The van der Waals surface area contributed by atoms with Crippen molar-refractivity contribution < 1.29 is 5.11 Å². The van der Waals surface area contributed by atoms with Gasteiger partial charge in [0, 0.05) is 24.6 Å². The van der Waals surface area contributed by atoms with E-state index in [4.69, 9.17) is 5.11 Å². The number of thiophene rings is 1. The quantitative estimate of drug-likeness (QED) is 0.699. The van der Waals surface area contributed by atoms with E-state index in [1.54, 1.807) is 11.3 Å². The fraction of sp³-hybridized carbons (Fsp3) is 0.600. The number of aliphatic hydroxyl groups excluding tert-OH is 1. The summed E-state index contributed by atoms with van der Waals surface area (Å²) in [5.41, 5.74) is 0. The minimum Gasteiger partial charge on any atom is -0.396 e. The molecule has 5 nitrogen and oxygen atoms in total. The molecule has 1 atom stereocenters. The number of anilines is 2. The maximum absolute atomic E-state index is 8.99. The van der Waals surface area contributed by atoms with Crippen LogP contribution in [0.5, 0.6) is 0 Å². The first-order chi connectivity index (χ1) is 10.2. The van der Waals surface area contributed by atoms with Crippen molar-refractivity contribution in [2.45, 2.75) is 33.6 Å². The monoisotopic (exact) mass is 308 g/mol. The second-order valence-electron chi connectivity index (χ2n) is 5.21. The van der Waals surface area contributed by atoms with Gasteiger partial charge in [0.25, 0.3) is 0 Å². The molecule has 3 N–H and O–H groups in total. The first-order valence-corrected chi connectivity index (χ1v) is 8.38. The van der Waals surface area contributed by atoms with Gasteiger partial charge in [0.05, 0.1) is 5.39 Å². The van der Waals surface area contributed by atoms with Crippen LogP contribution in [-0.4, -0.2) is 34.8 Å². The Labute approximate surface area is 129 Å². The zero-order chi connectivity index (χ0) is 15.2. The molecule has 0 bridgehead atoms. The Hall–Kier alpha value is -1.40. The second kappa shape index (κ2) is 7.56. The third kappa shape index (κ3) is 4.04. The van der Waals surface area contributed by atoms with Gasteiger partial charge in [-0.05, 0) is 31.7 Å². The lowest BCUT2D eigenvalue weighted by molar-refractivity contribution is 0.266. The number of nitrogens with zero attached hydrogens (tertiary/aromatic N) is 2. The van der Waals surface area contributed by atoms with Crippen molar-refractivity contribution >= 4 is 33.3 Å².